The summed E-state index contributed by atoms with van der Waals surface area (Å²) in [5.74, 6) is 0. The number of hydrogen-bond acceptors (Lipinski definition) is 2. The molecule has 0 aromatic carbocycles. The fraction of sp³-hybridized carbons (Fsp3) is 0.143. The van der Waals surface area contributed by atoms with Crippen LogP contribution in [0.3, 0.4) is 0 Å². The Bertz CT molecular complexity index is 499. The van der Waals surface area contributed by atoms with Gasteiger partial charge in [-0.2, -0.15) is 0 Å². The van der Waals surface area contributed by atoms with E-state index < -0.39 is 0 Å². The molecule has 7 heteroatoms. The lowest BCUT2D eigenvalue weighted by molar-refractivity contribution is 1.07. The van der Waals surface area contributed by atoms with Gasteiger partial charge in [0.1, 0.15) is 9.22 Å². The van der Waals surface area contributed by atoms with Crippen molar-refractivity contribution in [3.63, 3.8) is 0 Å². The number of rotatable bonds is 1. The Morgan fingerprint density at radius 3 is 2.93 bits per heavy atom. The zero-order chi connectivity index (χ0) is 10.3. The third-order valence-electron chi connectivity index (χ3n) is 1.95. The number of fused-ring (bicyclic) bond motifs is 1. The molecule has 0 aliphatic heterocycles. The molecular formula is C7H5BClI2N3. The van der Waals surface area contributed by atoms with E-state index in [2.05, 4.69) is 59.6 Å². The van der Waals surface area contributed by atoms with E-state index in [-0.39, 0.29) is 0 Å². The quantitative estimate of drug-likeness (QED) is 0.386. The highest BCUT2D eigenvalue weighted by Crippen LogP contribution is 2.20. The van der Waals surface area contributed by atoms with Gasteiger partial charge in [0, 0.05) is 10.6 Å². The first-order valence-electron chi connectivity index (χ1n) is 3.89. The van der Waals surface area contributed by atoms with Gasteiger partial charge in [0.2, 0.25) is 0 Å². The third-order valence-corrected chi connectivity index (χ3v) is 3.76. The van der Waals surface area contributed by atoms with E-state index in [0.29, 0.717) is 5.15 Å². The molecule has 0 aliphatic carbocycles. The molecule has 0 saturated heterocycles. The smallest absolute Gasteiger partial charge is 0.187 e. The first-order valence-corrected chi connectivity index (χ1v) is 6.87. The molecule has 14 heavy (non-hydrogen) atoms. The predicted octanol–water partition coefficient (Wildman–Crippen LogP) is 1.18. The summed E-state index contributed by atoms with van der Waals surface area (Å²) < 4.78 is 3.86. The number of halogens is 3. The Labute approximate surface area is 114 Å². The second-order valence-electron chi connectivity index (χ2n) is 2.81. The van der Waals surface area contributed by atoms with Gasteiger partial charge in [0.15, 0.2) is 13.0 Å². The molecular weight excluding hydrogens is 426 g/mol. The van der Waals surface area contributed by atoms with E-state index in [1.54, 1.807) is 6.20 Å². The van der Waals surface area contributed by atoms with Crippen molar-refractivity contribution < 1.29 is 0 Å². The average Bonchev–Trinajstić information content (AvgIpc) is 2.44. The zero-order valence-corrected chi connectivity index (χ0v) is 12.3. The molecule has 3 nitrogen and oxygen atoms in total. The first-order chi connectivity index (χ1) is 6.65. The summed E-state index contributed by atoms with van der Waals surface area (Å²) in [4.78, 5) is 8.53. The molecule has 0 fully saturated rings. The lowest BCUT2D eigenvalue weighted by Crippen LogP contribution is -2.16. The summed E-state index contributed by atoms with van der Waals surface area (Å²) in [6, 6.07) is 0. The third kappa shape index (κ3) is 1.65. The lowest BCUT2D eigenvalue weighted by atomic mass is 10.1. The highest BCUT2D eigenvalue weighted by atomic mass is 127. The van der Waals surface area contributed by atoms with Crippen molar-refractivity contribution in [3.8, 4) is 0 Å². The highest BCUT2D eigenvalue weighted by molar-refractivity contribution is 14.1. The highest BCUT2D eigenvalue weighted by Gasteiger charge is 2.12. The number of nitrogens with zero attached hydrogens (tertiary/aromatic N) is 3. The van der Waals surface area contributed by atoms with E-state index >= 15 is 0 Å². The van der Waals surface area contributed by atoms with Crippen LogP contribution in [0.4, 0.5) is 0 Å². The van der Waals surface area contributed by atoms with Gasteiger partial charge in [-0.1, -0.05) is 34.2 Å². The molecule has 72 valence electrons. The molecule has 0 atom stereocenters. The molecule has 2 heterocycles. The van der Waals surface area contributed by atoms with Crippen LogP contribution < -0.4 is 5.72 Å². The van der Waals surface area contributed by atoms with E-state index in [4.69, 9.17) is 11.6 Å². The van der Waals surface area contributed by atoms with Crippen LogP contribution in [0.2, 0.25) is 5.15 Å². The van der Waals surface area contributed by atoms with Gasteiger partial charge in [0.05, 0.1) is 11.4 Å². The fourth-order valence-corrected chi connectivity index (χ4v) is 3.14. The van der Waals surface area contributed by atoms with Crippen LogP contribution in [0, 0.1) is 3.70 Å². The number of imidazole rings is 1. The summed E-state index contributed by atoms with van der Waals surface area (Å²) in [5.41, 5.74) is 3.00. The maximum Gasteiger partial charge on any atom is 0.187 e. The largest absolute Gasteiger partial charge is 0.304 e. The SMILES string of the molecule is Bc1nc(I)c2c(Cl)ncc(CI)n12. The number of alkyl halides is 1. The van der Waals surface area contributed by atoms with Crippen molar-refractivity contribution in [1.82, 2.24) is 14.4 Å². The second-order valence-corrected chi connectivity index (χ2v) is 4.95. The van der Waals surface area contributed by atoms with Crippen LogP contribution in [0.5, 0.6) is 0 Å². The first kappa shape index (κ1) is 10.9. The Morgan fingerprint density at radius 2 is 2.29 bits per heavy atom. The molecule has 2 aromatic heterocycles. The minimum absolute atomic E-state index is 0.517. The van der Waals surface area contributed by atoms with Crippen LogP contribution >= 0.6 is 56.8 Å². The van der Waals surface area contributed by atoms with Crippen molar-refractivity contribution >= 4 is 75.9 Å². The Kier molecular flexibility index (Phi) is 3.22. The molecule has 2 aromatic rings. The Balaban J connectivity index is 2.94. The van der Waals surface area contributed by atoms with Crippen LogP contribution in [0.25, 0.3) is 5.52 Å². The molecule has 0 unspecified atom stereocenters. The summed E-state index contributed by atoms with van der Waals surface area (Å²) >= 11 is 10.5. The van der Waals surface area contributed by atoms with Crippen LogP contribution in [-0.2, 0) is 4.43 Å². The zero-order valence-electron chi connectivity index (χ0n) is 7.26. The molecule has 0 bridgehead atoms. The normalized spacial score (nSPS) is 11.1. The number of hydrogen-bond donors (Lipinski definition) is 0. The summed E-state index contributed by atoms with van der Waals surface area (Å²) in [7, 11) is 1.97. The van der Waals surface area contributed by atoms with E-state index in [0.717, 1.165) is 25.1 Å². The fourth-order valence-electron chi connectivity index (χ4n) is 1.37. The van der Waals surface area contributed by atoms with Crippen LogP contribution in [-0.4, -0.2) is 22.2 Å². The topological polar surface area (TPSA) is 30.2 Å². The Hall–Kier alpha value is 0.435. The van der Waals surface area contributed by atoms with Gasteiger partial charge >= 0.3 is 0 Å². The van der Waals surface area contributed by atoms with Crippen molar-refractivity contribution in [2.24, 2.45) is 0 Å². The Morgan fingerprint density at radius 1 is 1.57 bits per heavy atom. The van der Waals surface area contributed by atoms with Crippen molar-refractivity contribution in [3.05, 3.63) is 20.7 Å². The van der Waals surface area contributed by atoms with Gasteiger partial charge in [-0.25, -0.2) is 9.97 Å². The summed E-state index contributed by atoms with van der Waals surface area (Å²) in [6.45, 7) is 0. The van der Waals surface area contributed by atoms with Crippen molar-refractivity contribution in [2.45, 2.75) is 4.43 Å². The molecule has 0 spiro atoms. The molecule has 0 saturated carbocycles. The monoisotopic (exact) mass is 431 g/mol. The average molecular weight is 431 g/mol. The van der Waals surface area contributed by atoms with Gasteiger partial charge in [-0.15, -0.1) is 0 Å². The maximum absolute atomic E-state index is 6.03. The minimum Gasteiger partial charge on any atom is -0.304 e. The summed E-state index contributed by atoms with van der Waals surface area (Å²) in [6.07, 6.45) is 1.80. The number of aromatic nitrogens is 3. The van der Waals surface area contributed by atoms with Gasteiger partial charge in [-0.3, -0.25) is 0 Å². The van der Waals surface area contributed by atoms with Crippen molar-refractivity contribution in [1.29, 1.82) is 0 Å². The van der Waals surface area contributed by atoms with E-state index in [1.807, 2.05) is 7.85 Å². The predicted molar refractivity (Wildman–Crippen MR) is 76.6 cm³/mol. The molecule has 2 rings (SSSR count). The summed E-state index contributed by atoms with van der Waals surface area (Å²) in [5, 5.41) is 0.517. The van der Waals surface area contributed by atoms with Crippen LogP contribution in [0.1, 0.15) is 5.69 Å². The van der Waals surface area contributed by atoms with Gasteiger partial charge in [-0.05, 0) is 22.6 Å². The molecule has 0 amide bonds. The molecule has 0 aliphatic rings. The minimum atomic E-state index is 0.517. The molecule has 0 N–H and O–H groups in total. The lowest BCUT2D eigenvalue weighted by Gasteiger charge is -2.04. The van der Waals surface area contributed by atoms with Gasteiger partial charge < -0.3 is 4.40 Å². The van der Waals surface area contributed by atoms with Gasteiger partial charge in [0.25, 0.3) is 0 Å². The van der Waals surface area contributed by atoms with E-state index in [1.165, 1.54) is 0 Å². The standard InChI is InChI=1S/C7H5BClI2N3/c8-7-13-6(11)4-5(9)12-2-3(1-10)14(4)7/h2H,1,8H2. The van der Waals surface area contributed by atoms with E-state index in [9.17, 15) is 0 Å². The second kappa shape index (κ2) is 4.13. The van der Waals surface area contributed by atoms with Crippen molar-refractivity contribution in [2.75, 3.05) is 0 Å². The molecule has 0 radical (unpaired) electrons. The van der Waals surface area contributed by atoms with Crippen LogP contribution in [0.15, 0.2) is 6.20 Å². The maximum atomic E-state index is 6.03.